The molecule has 1 aliphatic carbocycles. The first kappa shape index (κ1) is 6.97. The van der Waals surface area contributed by atoms with E-state index in [9.17, 15) is 0 Å². The van der Waals surface area contributed by atoms with Crippen molar-refractivity contribution < 1.29 is 0 Å². The van der Waals surface area contributed by atoms with Gasteiger partial charge < -0.3 is 0 Å². The summed E-state index contributed by atoms with van der Waals surface area (Å²) in [6.45, 7) is 0. The van der Waals surface area contributed by atoms with E-state index in [1.807, 2.05) is 0 Å². The molecule has 1 fully saturated rings. The van der Waals surface area contributed by atoms with Crippen LogP contribution in [0.5, 0.6) is 0 Å². The predicted octanol–water partition coefficient (Wildman–Crippen LogP) is 2.05. The van der Waals surface area contributed by atoms with Crippen molar-refractivity contribution in [2.75, 3.05) is 0 Å². The first-order valence-corrected chi connectivity index (χ1v) is 4.65. The number of rotatable bonds is 0. The zero-order chi connectivity index (χ0) is 5.98. The molecule has 2 unspecified atom stereocenters. The van der Waals surface area contributed by atoms with Crippen LogP contribution in [-0.4, -0.2) is 11.3 Å². The van der Waals surface area contributed by atoms with Crippen LogP contribution < -0.4 is 0 Å². The Labute approximate surface area is 56.2 Å². The summed E-state index contributed by atoms with van der Waals surface area (Å²) >= 11 is 0. The summed E-state index contributed by atoms with van der Waals surface area (Å²) in [7, 11) is 5.85. The second kappa shape index (κ2) is 3.14. The summed E-state index contributed by atoms with van der Waals surface area (Å²) in [4.78, 5) is 0. The zero-order valence-corrected chi connectivity index (χ0v) is 7.45. The van der Waals surface area contributed by atoms with E-state index in [4.69, 9.17) is 0 Å². The SMILES string of the molecule is P[C@@H]1CCCC[C@@H]1P. The molecule has 1 aliphatic rings. The maximum atomic E-state index is 2.92. The van der Waals surface area contributed by atoms with Crippen molar-refractivity contribution in [3.05, 3.63) is 0 Å². The molecule has 0 heterocycles. The molecule has 0 bridgehead atoms. The quantitative estimate of drug-likeness (QED) is 0.461. The van der Waals surface area contributed by atoms with Gasteiger partial charge in [-0.3, -0.25) is 0 Å². The third kappa shape index (κ3) is 1.67. The summed E-state index contributed by atoms with van der Waals surface area (Å²) < 4.78 is 0. The van der Waals surface area contributed by atoms with Crippen molar-refractivity contribution in [3.63, 3.8) is 0 Å². The molecule has 1 rings (SSSR count). The van der Waals surface area contributed by atoms with Crippen LogP contribution in [-0.2, 0) is 0 Å². The summed E-state index contributed by atoms with van der Waals surface area (Å²) in [5.74, 6) is 0. The average molecular weight is 148 g/mol. The van der Waals surface area contributed by atoms with Crippen LogP contribution in [0.1, 0.15) is 25.7 Å². The van der Waals surface area contributed by atoms with E-state index in [0.717, 1.165) is 11.3 Å². The molecule has 48 valence electrons. The highest BCUT2D eigenvalue weighted by molar-refractivity contribution is 7.23. The molecule has 0 aromatic rings. The van der Waals surface area contributed by atoms with E-state index >= 15 is 0 Å². The summed E-state index contributed by atoms with van der Waals surface area (Å²) in [5.41, 5.74) is 1.77. The normalized spacial score (nSPS) is 39.8. The molecule has 0 aromatic heterocycles. The van der Waals surface area contributed by atoms with Crippen molar-refractivity contribution in [1.82, 2.24) is 0 Å². The number of hydrogen-bond acceptors (Lipinski definition) is 0. The lowest BCUT2D eigenvalue weighted by molar-refractivity contribution is 0.527. The zero-order valence-electron chi connectivity index (χ0n) is 5.14. The third-order valence-corrected chi connectivity index (χ3v) is 3.97. The van der Waals surface area contributed by atoms with Crippen LogP contribution in [0.2, 0.25) is 0 Å². The Bertz CT molecular complexity index is 62.9. The Kier molecular flexibility index (Phi) is 2.73. The summed E-state index contributed by atoms with van der Waals surface area (Å²) in [6, 6.07) is 0. The van der Waals surface area contributed by atoms with Crippen LogP contribution in [0.25, 0.3) is 0 Å². The smallest absolute Gasteiger partial charge is 0.0201 e. The maximum absolute atomic E-state index is 2.92. The Morgan fingerprint density at radius 1 is 0.875 bits per heavy atom. The lowest BCUT2D eigenvalue weighted by Gasteiger charge is -2.24. The van der Waals surface area contributed by atoms with E-state index in [2.05, 4.69) is 18.5 Å². The Balaban J connectivity index is 2.28. The minimum absolute atomic E-state index is 0.883. The second-order valence-corrected chi connectivity index (χ2v) is 4.32. The highest BCUT2D eigenvalue weighted by Crippen LogP contribution is 2.29. The van der Waals surface area contributed by atoms with Gasteiger partial charge in [0, 0.05) is 0 Å². The van der Waals surface area contributed by atoms with Gasteiger partial charge in [0.2, 0.25) is 0 Å². The van der Waals surface area contributed by atoms with Gasteiger partial charge in [0.05, 0.1) is 0 Å². The highest BCUT2D eigenvalue weighted by Gasteiger charge is 2.15. The topological polar surface area (TPSA) is 0 Å². The van der Waals surface area contributed by atoms with Crippen molar-refractivity contribution in [2.24, 2.45) is 0 Å². The predicted molar refractivity (Wildman–Crippen MR) is 45.5 cm³/mol. The maximum Gasteiger partial charge on any atom is -0.0201 e. The standard InChI is InChI=1S/C6H14P2/c7-5-3-1-2-4-6(5)8/h5-6H,1-4,7-8H2/t5-,6+. The Morgan fingerprint density at radius 3 is 1.50 bits per heavy atom. The van der Waals surface area contributed by atoms with Gasteiger partial charge >= 0.3 is 0 Å². The summed E-state index contributed by atoms with van der Waals surface area (Å²) in [6.07, 6.45) is 5.72. The molecule has 0 aromatic carbocycles. The highest BCUT2D eigenvalue weighted by atomic mass is 31.0. The lowest BCUT2D eigenvalue weighted by atomic mass is 10.00. The fourth-order valence-corrected chi connectivity index (χ4v) is 2.04. The van der Waals surface area contributed by atoms with Crippen molar-refractivity contribution in [2.45, 2.75) is 37.0 Å². The van der Waals surface area contributed by atoms with Gasteiger partial charge in [-0.2, -0.15) is 0 Å². The van der Waals surface area contributed by atoms with Crippen LogP contribution >= 0.6 is 18.5 Å². The van der Waals surface area contributed by atoms with Crippen molar-refractivity contribution in [1.29, 1.82) is 0 Å². The van der Waals surface area contributed by atoms with Gasteiger partial charge in [0.15, 0.2) is 0 Å². The first-order valence-electron chi connectivity index (χ1n) is 3.32. The first-order chi connectivity index (χ1) is 3.80. The molecule has 0 N–H and O–H groups in total. The van der Waals surface area contributed by atoms with Crippen LogP contribution in [0.4, 0.5) is 0 Å². The Hall–Kier alpha value is 0.860. The largest absolute Gasteiger partial charge is 0.134 e. The van der Waals surface area contributed by atoms with Gasteiger partial charge in [0.25, 0.3) is 0 Å². The molecular weight excluding hydrogens is 134 g/mol. The van der Waals surface area contributed by atoms with E-state index in [0.29, 0.717) is 0 Å². The molecule has 0 aliphatic heterocycles. The van der Waals surface area contributed by atoms with E-state index in [-0.39, 0.29) is 0 Å². The molecule has 2 heteroatoms. The average Bonchev–Trinajstić information content (AvgIpc) is 1.77. The van der Waals surface area contributed by atoms with Crippen molar-refractivity contribution in [3.8, 4) is 0 Å². The fraction of sp³-hybridized carbons (Fsp3) is 1.00. The van der Waals surface area contributed by atoms with Gasteiger partial charge in [-0.15, -0.1) is 18.5 Å². The molecule has 0 spiro atoms. The molecule has 0 amide bonds. The monoisotopic (exact) mass is 148 g/mol. The van der Waals surface area contributed by atoms with E-state index < -0.39 is 0 Å². The molecule has 0 saturated heterocycles. The van der Waals surface area contributed by atoms with Gasteiger partial charge in [-0.1, -0.05) is 12.8 Å². The summed E-state index contributed by atoms with van der Waals surface area (Å²) in [5, 5.41) is 0. The second-order valence-electron chi connectivity index (χ2n) is 2.61. The van der Waals surface area contributed by atoms with Gasteiger partial charge in [0.1, 0.15) is 0 Å². The molecule has 4 atom stereocenters. The molecule has 1 saturated carbocycles. The third-order valence-electron chi connectivity index (χ3n) is 1.87. The molecule has 0 nitrogen and oxygen atoms in total. The molecular formula is C6H14P2. The van der Waals surface area contributed by atoms with Gasteiger partial charge in [-0.25, -0.2) is 0 Å². The van der Waals surface area contributed by atoms with Crippen LogP contribution in [0, 0.1) is 0 Å². The molecule has 8 heavy (non-hydrogen) atoms. The van der Waals surface area contributed by atoms with Crippen LogP contribution in [0.15, 0.2) is 0 Å². The van der Waals surface area contributed by atoms with Crippen molar-refractivity contribution >= 4 is 18.5 Å². The lowest BCUT2D eigenvalue weighted by Crippen LogP contribution is -2.17. The van der Waals surface area contributed by atoms with E-state index in [1.54, 1.807) is 0 Å². The fourth-order valence-electron chi connectivity index (χ4n) is 1.19. The minimum atomic E-state index is 0.883. The van der Waals surface area contributed by atoms with Gasteiger partial charge in [-0.05, 0) is 24.2 Å². The number of hydrogen-bond donors (Lipinski definition) is 0. The van der Waals surface area contributed by atoms with E-state index in [1.165, 1.54) is 25.7 Å². The Morgan fingerprint density at radius 2 is 1.25 bits per heavy atom. The van der Waals surface area contributed by atoms with Crippen LogP contribution in [0.3, 0.4) is 0 Å². The molecule has 0 radical (unpaired) electrons. The minimum Gasteiger partial charge on any atom is -0.134 e.